The smallest absolute Gasteiger partial charge is 0.0234 e. The zero-order chi connectivity index (χ0) is 8.91. The molecule has 0 heteroatoms. The van der Waals surface area contributed by atoms with E-state index in [2.05, 4.69) is 39.2 Å². The van der Waals surface area contributed by atoms with Crippen molar-refractivity contribution in [3.8, 4) is 11.8 Å². The lowest BCUT2D eigenvalue weighted by Crippen LogP contribution is -1.99. The summed E-state index contributed by atoms with van der Waals surface area (Å²) in [6.07, 6.45) is 3.74. The van der Waals surface area contributed by atoms with Crippen molar-refractivity contribution in [2.24, 2.45) is 5.41 Å². The first kappa shape index (κ1) is 10.0. The van der Waals surface area contributed by atoms with Gasteiger partial charge in [-0.25, -0.2) is 0 Å². The topological polar surface area (TPSA) is 0 Å². The Hall–Kier alpha value is -0.960. The number of allylic oxidation sites excluding steroid dienone is 3. The van der Waals surface area contributed by atoms with E-state index in [9.17, 15) is 0 Å². The average molecular weight is 148 g/mol. The summed E-state index contributed by atoms with van der Waals surface area (Å²) >= 11 is 0. The summed E-state index contributed by atoms with van der Waals surface area (Å²) in [6.45, 7) is 11.9. The molecule has 0 rings (SSSR count). The van der Waals surface area contributed by atoms with Gasteiger partial charge in [-0.1, -0.05) is 30.6 Å². The number of rotatable bonds is 1. The predicted molar refractivity (Wildman–Crippen MR) is 51.2 cm³/mol. The highest BCUT2D eigenvalue weighted by molar-refractivity contribution is 5.37. The van der Waals surface area contributed by atoms with Crippen LogP contribution in [-0.2, 0) is 0 Å². The first-order valence-corrected chi connectivity index (χ1v) is 3.81. The Kier molecular flexibility index (Phi) is 3.68. The molecule has 0 unspecified atom stereocenters. The summed E-state index contributed by atoms with van der Waals surface area (Å²) in [6, 6.07) is 0. The molecule has 0 fully saturated rings. The first-order chi connectivity index (χ1) is 4.99. The third kappa shape index (κ3) is 5.48. The second kappa shape index (κ2) is 4.03. The van der Waals surface area contributed by atoms with Crippen molar-refractivity contribution >= 4 is 0 Å². The predicted octanol–water partition coefficient (Wildman–Crippen LogP) is 3.17. The molecule has 0 amide bonds. The molecular formula is C11H16. The van der Waals surface area contributed by atoms with Crippen LogP contribution < -0.4 is 0 Å². The molecule has 11 heavy (non-hydrogen) atoms. The van der Waals surface area contributed by atoms with E-state index in [-0.39, 0.29) is 5.41 Å². The Bertz CT molecular complexity index is 213. The van der Waals surface area contributed by atoms with Gasteiger partial charge in [0.15, 0.2) is 0 Å². The Morgan fingerprint density at radius 2 is 1.91 bits per heavy atom. The molecule has 0 radical (unpaired) electrons. The minimum absolute atomic E-state index is 0.0806. The van der Waals surface area contributed by atoms with Gasteiger partial charge >= 0.3 is 0 Å². The van der Waals surface area contributed by atoms with Crippen LogP contribution >= 0.6 is 0 Å². The Morgan fingerprint density at radius 1 is 1.36 bits per heavy atom. The standard InChI is InChI=1S/C11H16/c1-6-10(7-2)8-9-11(3,4)5/h6-7H,1H2,2-5H3. The van der Waals surface area contributed by atoms with Gasteiger partial charge in [0.1, 0.15) is 0 Å². The van der Waals surface area contributed by atoms with E-state index in [0.717, 1.165) is 5.57 Å². The SMILES string of the molecule is C=CC(C#CC(C)(C)C)=CC. The molecule has 0 aliphatic heterocycles. The van der Waals surface area contributed by atoms with Gasteiger partial charge in [-0.15, -0.1) is 0 Å². The van der Waals surface area contributed by atoms with Crippen LogP contribution in [0.25, 0.3) is 0 Å². The fraction of sp³-hybridized carbons (Fsp3) is 0.455. The van der Waals surface area contributed by atoms with Crippen molar-refractivity contribution in [2.75, 3.05) is 0 Å². The molecule has 0 aromatic carbocycles. The second-order valence-corrected chi connectivity index (χ2v) is 3.45. The first-order valence-electron chi connectivity index (χ1n) is 3.81. The van der Waals surface area contributed by atoms with Gasteiger partial charge in [-0.2, -0.15) is 0 Å². The largest absolute Gasteiger partial charge is 0.0978 e. The van der Waals surface area contributed by atoms with Gasteiger partial charge in [0.2, 0.25) is 0 Å². The van der Waals surface area contributed by atoms with Crippen molar-refractivity contribution in [3.63, 3.8) is 0 Å². The molecule has 0 N–H and O–H groups in total. The van der Waals surface area contributed by atoms with Crippen molar-refractivity contribution in [1.29, 1.82) is 0 Å². The zero-order valence-corrected chi connectivity index (χ0v) is 7.86. The fourth-order valence-corrected chi connectivity index (χ4v) is 0.501. The average Bonchev–Trinajstić information content (AvgIpc) is 1.88. The van der Waals surface area contributed by atoms with Crippen LogP contribution in [0.2, 0.25) is 0 Å². The third-order valence-corrected chi connectivity index (χ3v) is 1.11. The zero-order valence-electron chi connectivity index (χ0n) is 7.86. The van der Waals surface area contributed by atoms with Crippen molar-refractivity contribution in [2.45, 2.75) is 27.7 Å². The van der Waals surface area contributed by atoms with Crippen LogP contribution in [-0.4, -0.2) is 0 Å². The van der Waals surface area contributed by atoms with Crippen LogP contribution in [0.5, 0.6) is 0 Å². The van der Waals surface area contributed by atoms with Crippen LogP contribution in [0, 0.1) is 17.3 Å². The molecular weight excluding hydrogens is 132 g/mol. The molecule has 60 valence electrons. The molecule has 0 atom stereocenters. The Labute approximate surface area is 70.0 Å². The second-order valence-electron chi connectivity index (χ2n) is 3.45. The molecule has 0 saturated heterocycles. The van der Waals surface area contributed by atoms with E-state index in [0.29, 0.717) is 0 Å². The van der Waals surface area contributed by atoms with Gasteiger partial charge in [0.05, 0.1) is 0 Å². The maximum Gasteiger partial charge on any atom is 0.0234 e. The number of hydrogen-bond donors (Lipinski definition) is 0. The van der Waals surface area contributed by atoms with Crippen LogP contribution in [0.4, 0.5) is 0 Å². The van der Waals surface area contributed by atoms with Crippen molar-refractivity contribution < 1.29 is 0 Å². The molecule has 0 aliphatic rings. The highest BCUT2D eigenvalue weighted by Crippen LogP contribution is 2.10. The summed E-state index contributed by atoms with van der Waals surface area (Å²) in [4.78, 5) is 0. The Morgan fingerprint density at radius 3 is 2.18 bits per heavy atom. The lowest BCUT2D eigenvalue weighted by molar-refractivity contribution is 0.571. The summed E-state index contributed by atoms with van der Waals surface area (Å²) in [5, 5.41) is 0. The molecule has 0 bridgehead atoms. The molecule has 0 spiro atoms. The van der Waals surface area contributed by atoms with Crippen LogP contribution in [0.1, 0.15) is 27.7 Å². The summed E-state index contributed by atoms with van der Waals surface area (Å²) < 4.78 is 0. The van der Waals surface area contributed by atoms with E-state index < -0.39 is 0 Å². The minimum Gasteiger partial charge on any atom is -0.0978 e. The lowest BCUT2D eigenvalue weighted by atomic mass is 9.97. The Balaban J connectivity index is 4.41. The quantitative estimate of drug-likeness (QED) is 0.396. The maximum absolute atomic E-state index is 3.66. The maximum atomic E-state index is 3.66. The van der Waals surface area contributed by atoms with Crippen LogP contribution in [0.3, 0.4) is 0 Å². The molecule has 0 aromatic rings. The van der Waals surface area contributed by atoms with E-state index >= 15 is 0 Å². The van der Waals surface area contributed by atoms with Gasteiger partial charge in [-0.05, 0) is 27.7 Å². The normalized spacial score (nSPS) is 11.8. The molecule has 0 saturated carbocycles. The van der Waals surface area contributed by atoms with Gasteiger partial charge in [0, 0.05) is 11.0 Å². The highest BCUT2D eigenvalue weighted by atomic mass is 14.1. The van der Waals surface area contributed by atoms with Crippen molar-refractivity contribution in [1.82, 2.24) is 0 Å². The van der Waals surface area contributed by atoms with Crippen LogP contribution in [0.15, 0.2) is 24.3 Å². The molecule has 0 aromatic heterocycles. The highest BCUT2D eigenvalue weighted by Gasteiger charge is 2.02. The fourth-order valence-electron chi connectivity index (χ4n) is 0.501. The lowest BCUT2D eigenvalue weighted by Gasteiger charge is -2.06. The number of hydrogen-bond acceptors (Lipinski definition) is 0. The van der Waals surface area contributed by atoms with Gasteiger partial charge < -0.3 is 0 Å². The molecule has 0 heterocycles. The van der Waals surface area contributed by atoms with Gasteiger partial charge in [0.25, 0.3) is 0 Å². The van der Waals surface area contributed by atoms with Crippen molar-refractivity contribution in [3.05, 3.63) is 24.3 Å². The monoisotopic (exact) mass is 148 g/mol. The minimum atomic E-state index is 0.0806. The summed E-state index contributed by atoms with van der Waals surface area (Å²) in [7, 11) is 0. The third-order valence-electron chi connectivity index (χ3n) is 1.11. The molecule has 0 nitrogen and oxygen atoms in total. The van der Waals surface area contributed by atoms with E-state index in [4.69, 9.17) is 0 Å². The van der Waals surface area contributed by atoms with E-state index in [1.54, 1.807) is 6.08 Å². The summed E-state index contributed by atoms with van der Waals surface area (Å²) in [5.41, 5.74) is 1.08. The summed E-state index contributed by atoms with van der Waals surface area (Å²) in [5.74, 6) is 6.19. The molecule has 0 aliphatic carbocycles. The van der Waals surface area contributed by atoms with E-state index in [1.807, 2.05) is 13.0 Å². The van der Waals surface area contributed by atoms with E-state index in [1.165, 1.54) is 0 Å². The van der Waals surface area contributed by atoms with Gasteiger partial charge in [-0.3, -0.25) is 0 Å².